The van der Waals surface area contributed by atoms with Crippen LogP contribution in [-0.2, 0) is 19.3 Å². The minimum Gasteiger partial charge on any atom is -0.370 e. The Kier molecular flexibility index (Phi) is 6.87. The predicted molar refractivity (Wildman–Crippen MR) is 113 cm³/mol. The monoisotopic (exact) mass is 420 g/mol. The minimum atomic E-state index is -4.47. The van der Waals surface area contributed by atoms with Crippen molar-refractivity contribution in [3.05, 3.63) is 59.2 Å². The molecule has 1 fully saturated rings. The summed E-state index contributed by atoms with van der Waals surface area (Å²) in [5.41, 5.74) is 2.05. The SMILES string of the molecule is CN(C)Cc1cccc(CNC(=O)Nc2cc(C(F)(F)F)ccc2N2CCCC2)c1. The Bertz CT molecular complexity index is 877. The van der Waals surface area contributed by atoms with E-state index in [1.54, 1.807) is 0 Å². The van der Waals surface area contributed by atoms with Crippen LogP contribution in [-0.4, -0.2) is 38.1 Å². The number of carbonyl (C=O) groups excluding carboxylic acids is 1. The Labute approximate surface area is 174 Å². The van der Waals surface area contributed by atoms with Gasteiger partial charge in [-0.1, -0.05) is 24.3 Å². The van der Waals surface area contributed by atoms with Crippen molar-refractivity contribution in [2.75, 3.05) is 37.4 Å². The zero-order valence-corrected chi connectivity index (χ0v) is 17.2. The Balaban J connectivity index is 1.70. The van der Waals surface area contributed by atoms with Crippen molar-refractivity contribution in [3.8, 4) is 0 Å². The Morgan fingerprint density at radius 3 is 2.43 bits per heavy atom. The van der Waals surface area contributed by atoms with Gasteiger partial charge in [-0.05, 0) is 56.3 Å². The highest BCUT2D eigenvalue weighted by molar-refractivity contribution is 5.93. The molecule has 3 rings (SSSR count). The summed E-state index contributed by atoms with van der Waals surface area (Å²) in [7, 11) is 3.96. The van der Waals surface area contributed by atoms with Crippen LogP contribution in [0.15, 0.2) is 42.5 Å². The molecule has 8 heteroatoms. The van der Waals surface area contributed by atoms with Crippen molar-refractivity contribution < 1.29 is 18.0 Å². The fraction of sp³-hybridized carbons (Fsp3) is 0.409. The van der Waals surface area contributed by atoms with Gasteiger partial charge in [0.25, 0.3) is 0 Å². The largest absolute Gasteiger partial charge is 0.416 e. The average molecular weight is 420 g/mol. The zero-order chi connectivity index (χ0) is 21.7. The second-order valence-corrected chi connectivity index (χ2v) is 7.79. The number of alkyl halides is 3. The highest BCUT2D eigenvalue weighted by Crippen LogP contribution is 2.36. The molecule has 0 aromatic heterocycles. The lowest BCUT2D eigenvalue weighted by Crippen LogP contribution is -2.30. The lowest BCUT2D eigenvalue weighted by Gasteiger charge is -2.23. The van der Waals surface area contributed by atoms with Crippen LogP contribution in [0.4, 0.5) is 29.3 Å². The number of halogens is 3. The van der Waals surface area contributed by atoms with Gasteiger partial charge >= 0.3 is 12.2 Å². The van der Waals surface area contributed by atoms with Gasteiger partial charge in [0.05, 0.1) is 16.9 Å². The summed E-state index contributed by atoms with van der Waals surface area (Å²) < 4.78 is 39.5. The number of nitrogens with zero attached hydrogens (tertiary/aromatic N) is 2. The van der Waals surface area contributed by atoms with Crippen LogP contribution in [0.5, 0.6) is 0 Å². The van der Waals surface area contributed by atoms with Crippen molar-refractivity contribution in [1.29, 1.82) is 0 Å². The molecule has 0 bridgehead atoms. The molecular weight excluding hydrogens is 393 g/mol. The molecule has 0 aliphatic carbocycles. The summed E-state index contributed by atoms with van der Waals surface area (Å²) in [6, 6.07) is 10.8. The van der Waals surface area contributed by atoms with E-state index in [2.05, 4.69) is 10.6 Å². The molecule has 2 amide bonds. The molecular formula is C22H27F3N4O. The molecule has 0 saturated carbocycles. The lowest BCUT2D eigenvalue weighted by atomic mass is 10.1. The van der Waals surface area contributed by atoms with Gasteiger partial charge in [0.15, 0.2) is 0 Å². The molecule has 1 aliphatic heterocycles. The Morgan fingerprint density at radius 2 is 1.77 bits per heavy atom. The molecule has 162 valence electrons. The van der Waals surface area contributed by atoms with E-state index in [9.17, 15) is 18.0 Å². The van der Waals surface area contributed by atoms with Crippen LogP contribution in [0.25, 0.3) is 0 Å². The number of rotatable bonds is 6. The molecule has 0 unspecified atom stereocenters. The molecule has 0 atom stereocenters. The van der Waals surface area contributed by atoms with E-state index in [0.717, 1.165) is 55.7 Å². The van der Waals surface area contributed by atoms with Crippen molar-refractivity contribution in [2.45, 2.75) is 32.1 Å². The zero-order valence-electron chi connectivity index (χ0n) is 17.2. The van der Waals surface area contributed by atoms with Crippen LogP contribution < -0.4 is 15.5 Å². The molecule has 0 spiro atoms. The second-order valence-electron chi connectivity index (χ2n) is 7.79. The average Bonchev–Trinajstić information content (AvgIpc) is 3.20. The number of nitrogens with one attached hydrogen (secondary N) is 2. The third-order valence-corrected chi connectivity index (χ3v) is 4.96. The highest BCUT2D eigenvalue weighted by Gasteiger charge is 2.32. The fourth-order valence-corrected chi connectivity index (χ4v) is 3.60. The van der Waals surface area contributed by atoms with E-state index in [-0.39, 0.29) is 12.2 Å². The summed E-state index contributed by atoms with van der Waals surface area (Å²) in [6.07, 6.45) is -2.50. The summed E-state index contributed by atoms with van der Waals surface area (Å²) in [6.45, 7) is 2.59. The maximum atomic E-state index is 13.2. The lowest BCUT2D eigenvalue weighted by molar-refractivity contribution is -0.137. The molecule has 5 nitrogen and oxygen atoms in total. The number of benzene rings is 2. The first-order chi connectivity index (χ1) is 14.2. The predicted octanol–water partition coefficient (Wildman–Crippen LogP) is 4.69. The summed E-state index contributed by atoms with van der Waals surface area (Å²) in [5, 5.41) is 5.36. The maximum Gasteiger partial charge on any atom is 0.416 e. The molecule has 30 heavy (non-hydrogen) atoms. The van der Waals surface area contributed by atoms with Gasteiger partial charge in [-0.15, -0.1) is 0 Å². The quantitative estimate of drug-likeness (QED) is 0.713. The topological polar surface area (TPSA) is 47.6 Å². The number of anilines is 2. The summed E-state index contributed by atoms with van der Waals surface area (Å²) in [4.78, 5) is 16.5. The van der Waals surface area contributed by atoms with Crippen molar-refractivity contribution >= 4 is 17.4 Å². The first-order valence-electron chi connectivity index (χ1n) is 9.96. The van der Waals surface area contributed by atoms with E-state index < -0.39 is 17.8 Å². The minimum absolute atomic E-state index is 0.172. The summed E-state index contributed by atoms with van der Waals surface area (Å²) in [5.74, 6) is 0. The van der Waals surface area contributed by atoms with E-state index in [4.69, 9.17) is 0 Å². The van der Waals surface area contributed by atoms with E-state index >= 15 is 0 Å². The van der Waals surface area contributed by atoms with Gasteiger partial charge in [-0.3, -0.25) is 0 Å². The Morgan fingerprint density at radius 1 is 1.07 bits per heavy atom. The van der Waals surface area contributed by atoms with Gasteiger partial charge < -0.3 is 20.4 Å². The third kappa shape index (κ3) is 5.89. The fourth-order valence-electron chi connectivity index (χ4n) is 3.60. The molecule has 2 N–H and O–H groups in total. The van der Waals surface area contributed by atoms with Gasteiger partial charge in [-0.2, -0.15) is 13.2 Å². The van der Waals surface area contributed by atoms with Crippen molar-refractivity contribution in [1.82, 2.24) is 10.2 Å². The first kappa shape index (κ1) is 22.0. The number of carbonyl (C=O) groups is 1. The normalized spacial score (nSPS) is 14.3. The number of hydrogen-bond donors (Lipinski definition) is 2. The molecule has 1 saturated heterocycles. The maximum absolute atomic E-state index is 13.2. The van der Waals surface area contributed by atoms with Crippen LogP contribution in [0.2, 0.25) is 0 Å². The van der Waals surface area contributed by atoms with Crippen LogP contribution in [0.1, 0.15) is 29.5 Å². The second kappa shape index (κ2) is 9.38. The van der Waals surface area contributed by atoms with Crippen molar-refractivity contribution in [3.63, 3.8) is 0 Å². The first-order valence-corrected chi connectivity index (χ1v) is 9.96. The van der Waals surface area contributed by atoms with E-state index in [1.165, 1.54) is 6.07 Å². The summed E-state index contributed by atoms with van der Waals surface area (Å²) >= 11 is 0. The molecule has 2 aromatic rings. The van der Waals surface area contributed by atoms with Gasteiger partial charge in [0, 0.05) is 26.2 Å². The van der Waals surface area contributed by atoms with Crippen LogP contribution in [0.3, 0.4) is 0 Å². The molecule has 1 aliphatic rings. The van der Waals surface area contributed by atoms with Gasteiger partial charge in [-0.25, -0.2) is 4.79 Å². The molecule has 0 radical (unpaired) electrons. The van der Waals surface area contributed by atoms with Crippen LogP contribution >= 0.6 is 0 Å². The number of hydrogen-bond acceptors (Lipinski definition) is 3. The molecule has 1 heterocycles. The Hall–Kier alpha value is -2.74. The highest BCUT2D eigenvalue weighted by atomic mass is 19.4. The molecule has 2 aromatic carbocycles. The number of amides is 2. The van der Waals surface area contributed by atoms with Gasteiger partial charge in [0.1, 0.15) is 0 Å². The van der Waals surface area contributed by atoms with Crippen LogP contribution in [0, 0.1) is 0 Å². The number of urea groups is 1. The third-order valence-electron chi connectivity index (χ3n) is 4.96. The van der Waals surface area contributed by atoms with Gasteiger partial charge in [0.2, 0.25) is 0 Å². The van der Waals surface area contributed by atoms with Crippen molar-refractivity contribution in [2.24, 2.45) is 0 Å². The van der Waals surface area contributed by atoms with E-state index in [1.807, 2.05) is 48.2 Å². The standard InChI is InChI=1S/C22H27F3N4O/c1-28(2)15-17-7-5-6-16(12-17)14-26-21(30)27-19-13-18(22(23,24)25)8-9-20(19)29-10-3-4-11-29/h5-9,12-13H,3-4,10-11,14-15H2,1-2H3,(H2,26,27,30). The van der Waals surface area contributed by atoms with E-state index in [0.29, 0.717) is 5.69 Å². The smallest absolute Gasteiger partial charge is 0.370 e.